The quantitative estimate of drug-likeness (QED) is 0.788. The maximum Gasteiger partial charge on any atom is 0.243 e. The van der Waals surface area contributed by atoms with E-state index in [2.05, 4.69) is 0 Å². The second kappa shape index (κ2) is 7.17. The predicted octanol–water partition coefficient (Wildman–Crippen LogP) is 2.01. The zero-order valence-corrected chi connectivity index (χ0v) is 15.3. The van der Waals surface area contributed by atoms with Crippen molar-refractivity contribution in [3.05, 3.63) is 28.2 Å². The summed E-state index contributed by atoms with van der Waals surface area (Å²) in [7, 11) is -3.80. The molecule has 1 aromatic rings. The van der Waals surface area contributed by atoms with E-state index in [-0.39, 0.29) is 20.8 Å². The fraction of sp³-hybridized carbons (Fsp3) is 0.533. The number of sulfonamides is 1. The van der Waals surface area contributed by atoms with Crippen LogP contribution in [0.25, 0.3) is 0 Å². The number of halogens is 2. The highest BCUT2D eigenvalue weighted by atomic mass is 35.5. The number of nitrogens with zero attached hydrogens (tertiary/aromatic N) is 2. The molecule has 24 heavy (non-hydrogen) atoms. The number of amides is 1. The maximum atomic E-state index is 12.9. The highest BCUT2D eigenvalue weighted by molar-refractivity contribution is 7.89. The summed E-state index contributed by atoms with van der Waals surface area (Å²) >= 11 is 11.8. The second-order valence-electron chi connectivity index (χ2n) is 5.79. The Morgan fingerprint density at radius 2 is 1.83 bits per heavy atom. The molecular formula is C15H18Cl2N2O4S. The molecule has 0 radical (unpaired) electrons. The summed E-state index contributed by atoms with van der Waals surface area (Å²) in [5.41, 5.74) is 0. The van der Waals surface area contributed by atoms with E-state index in [0.29, 0.717) is 45.7 Å². The summed E-state index contributed by atoms with van der Waals surface area (Å²) in [4.78, 5) is 14.5. The van der Waals surface area contributed by atoms with Gasteiger partial charge in [-0.05, 0) is 31.0 Å². The molecule has 2 aliphatic heterocycles. The normalized spacial score (nSPS) is 22.8. The smallest absolute Gasteiger partial charge is 0.243 e. The van der Waals surface area contributed by atoms with Crippen LogP contribution in [-0.2, 0) is 19.6 Å². The summed E-state index contributed by atoms with van der Waals surface area (Å²) in [5, 5.41) is 0.464. The van der Waals surface area contributed by atoms with Crippen LogP contribution in [0.15, 0.2) is 23.1 Å². The van der Waals surface area contributed by atoms with Crippen molar-refractivity contribution in [1.82, 2.24) is 9.21 Å². The summed E-state index contributed by atoms with van der Waals surface area (Å²) in [6, 6.07) is 3.53. The molecule has 0 spiro atoms. The van der Waals surface area contributed by atoms with Crippen LogP contribution in [0, 0.1) is 0 Å². The number of rotatable bonds is 3. The lowest BCUT2D eigenvalue weighted by Gasteiger charge is -2.32. The van der Waals surface area contributed by atoms with Crippen LogP contribution < -0.4 is 0 Å². The van der Waals surface area contributed by atoms with Gasteiger partial charge in [0.1, 0.15) is 6.04 Å². The van der Waals surface area contributed by atoms with Gasteiger partial charge in [0, 0.05) is 19.6 Å². The highest BCUT2D eigenvalue weighted by Gasteiger charge is 2.41. The Morgan fingerprint density at radius 3 is 2.50 bits per heavy atom. The van der Waals surface area contributed by atoms with Crippen molar-refractivity contribution in [1.29, 1.82) is 0 Å². The highest BCUT2D eigenvalue weighted by Crippen LogP contribution is 2.31. The largest absolute Gasteiger partial charge is 0.378 e. The summed E-state index contributed by atoms with van der Waals surface area (Å²) < 4.78 is 32.4. The minimum atomic E-state index is -3.80. The van der Waals surface area contributed by atoms with Gasteiger partial charge >= 0.3 is 0 Å². The van der Waals surface area contributed by atoms with E-state index in [4.69, 9.17) is 27.9 Å². The molecule has 1 aromatic carbocycles. The Bertz CT molecular complexity index is 735. The Labute approximate surface area is 151 Å². The SMILES string of the molecule is O=C([C@H]1CCCN1S(=O)(=O)c1ccc(Cl)c(Cl)c1)N1CCOCC1. The van der Waals surface area contributed by atoms with Crippen LogP contribution >= 0.6 is 23.2 Å². The van der Waals surface area contributed by atoms with Crippen molar-refractivity contribution in [3.63, 3.8) is 0 Å². The first-order valence-electron chi connectivity index (χ1n) is 7.74. The van der Waals surface area contributed by atoms with Gasteiger partial charge in [-0.15, -0.1) is 0 Å². The molecule has 0 aliphatic carbocycles. The topological polar surface area (TPSA) is 66.9 Å². The van der Waals surface area contributed by atoms with Gasteiger partial charge in [-0.25, -0.2) is 8.42 Å². The van der Waals surface area contributed by atoms with Crippen molar-refractivity contribution >= 4 is 39.1 Å². The average Bonchev–Trinajstić information content (AvgIpc) is 3.08. The molecular weight excluding hydrogens is 375 g/mol. The van der Waals surface area contributed by atoms with Gasteiger partial charge in [-0.1, -0.05) is 23.2 Å². The first-order valence-corrected chi connectivity index (χ1v) is 9.94. The first-order chi connectivity index (χ1) is 11.4. The van der Waals surface area contributed by atoms with Crippen LogP contribution in [0.4, 0.5) is 0 Å². The van der Waals surface area contributed by atoms with Crippen LogP contribution in [0.5, 0.6) is 0 Å². The molecule has 3 rings (SSSR count). The van der Waals surface area contributed by atoms with Crippen molar-refractivity contribution in [3.8, 4) is 0 Å². The Balaban J connectivity index is 1.85. The number of ether oxygens (including phenoxy) is 1. The van der Waals surface area contributed by atoms with E-state index in [1.54, 1.807) is 4.90 Å². The lowest BCUT2D eigenvalue weighted by atomic mass is 10.2. The van der Waals surface area contributed by atoms with E-state index in [9.17, 15) is 13.2 Å². The van der Waals surface area contributed by atoms with Crippen molar-refractivity contribution in [2.24, 2.45) is 0 Å². The Morgan fingerprint density at radius 1 is 1.12 bits per heavy atom. The van der Waals surface area contributed by atoms with E-state index in [1.165, 1.54) is 22.5 Å². The third kappa shape index (κ3) is 3.41. The molecule has 0 N–H and O–H groups in total. The van der Waals surface area contributed by atoms with Crippen LogP contribution in [0.2, 0.25) is 10.0 Å². The number of hydrogen-bond donors (Lipinski definition) is 0. The molecule has 0 bridgehead atoms. The monoisotopic (exact) mass is 392 g/mol. The maximum absolute atomic E-state index is 12.9. The molecule has 2 fully saturated rings. The van der Waals surface area contributed by atoms with Gasteiger partial charge in [0.05, 0.1) is 28.2 Å². The van der Waals surface area contributed by atoms with Crippen LogP contribution in [-0.4, -0.2) is 62.4 Å². The fourth-order valence-electron chi connectivity index (χ4n) is 3.04. The lowest BCUT2D eigenvalue weighted by molar-refractivity contribution is -0.138. The second-order valence-corrected chi connectivity index (χ2v) is 8.49. The minimum absolute atomic E-state index is 0.0542. The molecule has 2 heterocycles. The van der Waals surface area contributed by atoms with Gasteiger partial charge in [0.15, 0.2) is 0 Å². The third-order valence-corrected chi connectivity index (χ3v) is 6.95. The van der Waals surface area contributed by atoms with E-state index in [1.807, 2.05) is 0 Å². The third-order valence-electron chi connectivity index (χ3n) is 4.31. The summed E-state index contributed by atoms with van der Waals surface area (Å²) in [5.74, 6) is -0.153. The van der Waals surface area contributed by atoms with Gasteiger partial charge in [0.2, 0.25) is 15.9 Å². The molecule has 6 nitrogen and oxygen atoms in total. The summed E-state index contributed by atoms with van der Waals surface area (Å²) in [6.07, 6.45) is 1.18. The van der Waals surface area contributed by atoms with Gasteiger partial charge in [0.25, 0.3) is 0 Å². The molecule has 0 unspecified atom stereocenters. The average molecular weight is 393 g/mol. The number of morpholine rings is 1. The zero-order valence-electron chi connectivity index (χ0n) is 13.0. The minimum Gasteiger partial charge on any atom is -0.378 e. The van der Waals surface area contributed by atoms with E-state index in [0.717, 1.165) is 0 Å². The van der Waals surface area contributed by atoms with E-state index >= 15 is 0 Å². The Kier molecular flexibility index (Phi) is 5.36. The standard InChI is InChI=1S/C15H18Cl2N2O4S/c16-12-4-3-11(10-13(12)17)24(21,22)19-5-1-2-14(19)15(20)18-6-8-23-9-7-18/h3-4,10,14H,1-2,5-9H2/t14-/m1/s1. The molecule has 2 aliphatic rings. The summed E-state index contributed by atoms with van der Waals surface area (Å²) in [6.45, 7) is 2.28. The molecule has 2 saturated heterocycles. The number of benzene rings is 1. The molecule has 1 atom stereocenters. The van der Waals surface area contributed by atoms with Crippen LogP contribution in [0.3, 0.4) is 0 Å². The number of carbonyl (C=O) groups is 1. The molecule has 0 saturated carbocycles. The lowest BCUT2D eigenvalue weighted by Crippen LogP contribution is -2.50. The Hall–Kier alpha value is -0.860. The van der Waals surface area contributed by atoms with Gasteiger partial charge in [-0.2, -0.15) is 4.31 Å². The predicted molar refractivity (Wildman–Crippen MR) is 90.8 cm³/mol. The van der Waals surface area contributed by atoms with Gasteiger partial charge < -0.3 is 9.64 Å². The van der Waals surface area contributed by atoms with Crippen LogP contribution in [0.1, 0.15) is 12.8 Å². The number of carbonyl (C=O) groups excluding carboxylic acids is 1. The van der Waals surface area contributed by atoms with Crippen molar-refractivity contribution in [2.45, 2.75) is 23.8 Å². The molecule has 1 amide bonds. The first kappa shape index (κ1) is 17.9. The van der Waals surface area contributed by atoms with Gasteiger partial charge in [-0.3, -0.25) is 4.79 Å². The van der Waals surface area contributed by atoms with Crippen molar-refractivity contribution < 1.29 is 17.9 Å². The number of hydrogen-bond acceptors (Lipinski definition) is 4. The molecule has 9 heteroatoms. The van der Waals surface area contributed by atoms with Crippen molar-refractivity contribution in [2.75, 3.05) is 32.8 Å². The van der Waals surface area contributed by atoms with E-state index < -0.39 is 16.1 Å². The fourth-order valence-corrected chi connectivity index (χ4v) is 5.08. The molecule has 132 valence electrons. The zero-order chi connectivity index (χ0) is 17.3. The molecule has 0 aromatic heterocycles.